The first kappa shape index (κ1) is 22.9. The molecular weight excluding hydrogens is 428 g/mol. The van der Waals surface area contributed by atoms with E-state index in [1.54, 1.807) is 25.3 Å². The van der Waals surface area contributed by atoms with Gasteiger partial charge in [0.25, 0.3) is 11.8 Å². The van der Waals surface area contributed by atoms with E-state index in [1.165, 1.54) is 0 Å². The average molecular weight is 455 g/mol. The Hall–Kier alpha value is -4.32. The summed E-state index contributed by atoms with van der Waals surface area (Å²) in [5, 5.41) is 7.57. The van der Waals surface area contributed by atoms with Crippen LogP contribution >= 0.6 is 0 Å². The largest absolute Gasteiger partial charge is 0.495 e. The van der Waals surface area contributed by atoms with Gasteiger partial charge in [-0.3, -0.25) is 9.59 Å². The van der Waals surface area contributed by atoms with Gasteiger partial charge in [0.2, 0.25) is 0 Å². The van der Waals surface area contributed by atoms with Gasteiger partial charge in [-0.2, -0.15) is 0 Å². The summed E-state index contributed by atoms with van der Waals surface area (Å²) in [6.45, 7) is 2.06. The maximum atomic E-state index is 13.0. The highest BCUT2D eigenvalue weighted by molar-refractivity contribution is 6.02. The van der Waals surface area contributed by atoms with Gasteiger partial charge in [0.1, 0.15) is 11.5 Å². The molecule has 0 aliphatic carbocycles. The van der Waals surface area contributed by atoms with E-state index in [0.29, 0.717) is 29.3 Å². The highest BCUT2D eigenvalue weighted by atomic mass is 16.5. The molecule has 172 valence electrons. The zero-order valence-corrected chi connectivity index (χ0v) is 19.1. The van der Waals surface area contributed by atoms with E-state index < -0.39 is 0 Å². The summed E-state index contributed by atoms with van der Waals surface area (Å²) in [6, 6.07) is 26.5. The molecule has 4 aromatic carbocycles. The number of fused-ring (bicyclic) bond motifs is 1. The Morgan fingerprint density at radius 1 is 0.824 bits per heavy atom. The minimum atomic E-state index is -0.354. The van der Waals surface area contributed by atoms with Crippen LogP contribution in [-0.2, 0) is 11.3 Å². The molecule has 0 atom stereocenters. The summed E-state index contributed by atoms with van der Waals surface area (Å²) in [6.07, 6.45) is 0. The molecule has 0 unspecified atom stereocenters. The number of hydrogen-bond donors (Lipinski definition) is 2. The third-order valence-corrected chi connectivity index (χ3v) is 5.38. The van der Waals surface area contributed by atoms with Crippen molar-refractivity contribution in [3.8, 4) is 11.5 Å². The standard InChI is InChI=1S/C28H26N2O4/c1-19-12-13-25(33-2)24(14-19)30-27(31)18-34-26-16-22-11-7-6-10-21(22)15-23(26)28(32)29-17-20-8-4-3-5-9-20/h3-16H,17-18H2,1-2H3,(H,29,32)(H,30,31). The normalized spacial score (nSPS) is 10.5. The van der Waals surface area contributed by atoms with E-state index in [2.05, 4.69) is 10.6 Å². The van der Waals surface area contributed by atoms with Crippen molar-refractivity contribution in [3.05, 3.63) is 102 Å². The first-order valence-electron chi connectivity index (χ1n) is 11.0. The van der Waals surface area contributed by atoms with Crippen LogP contribution in [0.25, 0.3) is 10.8 Å². The molecule has 4 aromatic rings. The quantitative estimate of drug-likeness (QED) is 0.388. The molecule has 0 saturated heterocycles. The second-order valence-electron chi connectivity index (χ2n) is 7.90. The van der Waals surface area contributed by atoms with Gasteiger partial charge in [-0.25, -0.2) is 0 Å². The minimum absolute atomic E-state index is 0.256. The number of methoxy groups -OCH3 is 1. The van der Waals surface area contributed by atoms with E-state index >= 15 is 0 Å². The first-order chi connectivity index (χ1) is 16.5. The average Bonchev–Trinajstić information content (AvgIpc) is 2.86. The third-order valence-electron chi connectivity index (χ3n) is 5.38. The van der Waals surface area contributed by atoms with Crippen LogP contribution in [0.4, 0.5) is 5.69 Å². The van der Waals surface area contributed by atoms with E-state index in [0.717, 1.165) is 21.9 Å². The summed E-state index contributed by atoms with van der Waals surface area (Å²) in [5.41, 5.74) is 2.92. The Morgan fingerprint density at radius 2 is 1.53 bits per heavy atom. The lowest BCUT2D eigenvalue weighted by atomic mass is 10.1. The molecule has 2 N–H and O–H groups in total. The van der Waals surface area contributed by atoms with Crippen molar-refractivity contribution < 1.29 is 19.1 Å². The molecule has 0 fully saturated rings. The number of rotatable bonds is 8. The molecule has 0 spiro atoms. The lowest BCUT2D eigenvalue weighted by Gasteiger charge is -2.15. The van der Waals surface area contributed by atoms with Crippen LogP contribution in [0.5, 0.6) is 11.5 Å². The molecule has 0 aromatic heterocycles. The van der Waals surface area contributed by atoms with Crippen molar-refractivity contribution in [1.82, 2.24) is 5.32 Å². The van der Waals surface area contributed by atoms with Crippen molar-refractivity contribution in [2.45, 2.75) is 13.5 Å². The van der Waals surface area contributed by atoms with E-state index in [4.69, 9.17) is 9.47 Å². The second-order valence-corrected chi connectivity index (χ2v) is 7.90. The minimum Gasteiger partial charge on any atom is -0.495 e. The van der Waals surface area contributed by atoms with Crippen molar-refractivity contribution in [2.24, 2.45) is 0 Å². The number of amides is 2. The molecule has 6 nitrogen and oxygen atoms in total. The van der Waals surface area contributed by atoms with Crippen molar-refractivity contribution in [1.29, 1.82) is 0 Å². The number of hydrogen-bond acceptors (Lipinski definition) is 4. The fourth-order valence-corrected chi connectivity index (χ4v) is 3.64. The second kappa shape index (κ2) is 10.5. The Morgan fingerprint density at radius 3 is 2.26 bits per heavy atom. The van der Waals surface area contributed by atoms with Crippen molar-refractivity contribution in [3.63, 3.8) is 0 Å². The maximum Gasteiger partial charge on any atom is 0.262 e. The molecule has 0 saturated carbocycles. The maximum absolute atomic E-state index is 13.0. The number of benzene rings is 4. The molecule has 0 radical (unpaired) electrons. The summed E-state index contributed by atoms with van der Waals surface area (Å²) >= 11 is 0. The number of carbonyl (C=O) groups excluding carboxylic acids is 2. The molecule has 34 heavy (non-hydrogen) atoms. The number of nitrogens with one attached hydrogen (secondary N) is 2. The van der Waals surface area contributed by atoms with Gasteiger partial charge in [0.05, 0.1) is 18.4 Å². The van der Waals surface area contributed by atoms with Gasteiger partial charge in [0, 0.05) is 6.54 Å². The van der Waals surface area contributed by atoms with Crippen LogP contribution in [0.3, 0.4) is 0 Å². The summed E-state index contributed by atoms with van der Waals surface area (Å²) < 4.78 is 11.2. The third kappa shape index (κ3) is 5.53. The Labute approximate surface area is 198 Å². The Bertz CT molecular complexity index is 1320. The number of ether oxygens (including phenoxy) is 2. The van der Waals surface area contributed by atoms with Crippen LogP contribution < -0.4 is 20.1 Å². The van der Waals surface area contributed by atoms with Crippen LogP contribution in [0.2, 0.25) is 0 Å². The molecule has 0 aliphatic heterocycles. The molecule has 6 heteroatoms. The highest BCUT2D eigenvalue weighted by Gasteiger charge is 2.16. The first-order valence-corrected chi connectivity index (χ1v) is 11.0. The molecular formula is C28H26N2O4. The summed E-state index contributed by atoms with van der Waals surface area (Å²) in [5.74, 6) is 0.277. The predicted octanol–water partition coefficient (Wildman–Crippen LogP) is 5.10. The smallest absolute Gasteiger partial charge is 0.262 e. The van der Waals surface area contributed by atoms with Gasteiger partial charge in [0.15, 0.2) is 6.61 Å². The van der Waals surface area contributed by atoms with Gasteiger partial charge in [-0.15, -0.1) is 0 Å². The van der Waals surface area contributed by atoms with Crippen LogP contribution in [0.15, 0.2) is 84.9 Å². The van der Waals surface area contributed by atoms with Gasteiger partial charge in [-0.1, -0.05) is 60.7 Å². The van der Waals surface area contributed by atoms with Gasteiger partial charge < -0.3 is 20.1 Å². The lowest BCUT2D eigenvalue weighted by molar-refractivity contribution is -0.118. The number of carbonyl (C=O) groups is 2. The van der Waals surface area contributed by atoms with Crippen LogP contribution in [-0.4, -0.2) is 25.5 Å². The van der Waals surface area contributed by atoms with Gasteiger partial charge in [-0.05, 0) is 53.1 Å². The van der Waals surface area contributed by atoms with E-state index in [9.17, 15) is 9.59 Å². The summed E-state index contributed by atoms with van der Waals surface area (Å²) in [7, 11) is 1.55. The SMILES string of the molecule is COc1ccc(C)cc1NC(=O)COc1cc2ccccc2cc1C(=O)NCc1ccccc1. The van der Waals surface area contributed by atoms with Crippen LogP contribution in [0.1, 0.15) is 21.5 Å². The Kier molecular flexibility index (Phi) is 7.08. The number of anilines is 1. The fraction of sp³-hybridized carbons (Fsp3) is 0.143. The summed E-state index contributed by atoms with van der Waals surface area (Å²) in [4.78, 5) is 25.7. The highest BCUT2D eigenvalue weighted by Crippen LogP contribution is 2.27. The van der Waals surface area contributed by atoms with Crippen molar-refractivity contribution in [2.75, 3.05) is 19.0 Å². The molecule has 4 rings (SSSR count). The predicted molar refractivity (Wildman–Crippen MR) is 133 cm³/mol. The van der Waals surface area contributed by atoms with Crippen LogP contribution in [0, 0.1) is 6.92 Å². The Balaban J connectivity index is 1.52. The number of aryl methyl sites for hydroxylation is 1. The monoisotopic (exact) mass is 454 g/mol. The zero-order valence-electron chi connectivity index (χ0n) is 19.1. The molecule has 2 amide bonds. The molecule has 0 heterocycles. The fourth-order valence-electron chi connectivity index (χ4n) is 3.64. The lowest BCUT2D eigenvalue weighted by Crippen LogP contribution is -2.25. The van der Waals surface area contributed by atoms with Crippen molar-refractivity contribution >= 4 is 28.3 Å². The van der Waals surface area contributed by atoms with E-state index in [1.807, 2.05) is 73.7 Å². The van der Waals surface area contributed by atoms with Gasteiger partial charge >= 0.3 is 0 Å². The van der Waals surface area contributed by atoms with E-state index in [-0.39, 0.29) is 18.4 Å². The molecule has 0 bridgehead atoms. The zero-order chi connectivity index (χ0) is 23.9. The topological polar surface area (TPSA) is 76.7 Å². The molecule has 0 aliphatic rings.